The van der Waals surface area contributed by atoms with E-state index in [9.17, 15) is 24.3 Å². The number of rotatable bonds is 14. The van der Waals surface area contributed by atoms with Gasteiger partial charge in [-0.3, -0.25) is 14.6 Å². The van der Waals surface area contributed by atoms with Crippen LogP contribution in [0.2, 0.25) is 0 Å². The van der Waals surface area contributed by atoms with Crippen molar-refractivity contribution in [1.29, 1.82) is 0 Å². The van der Waals surface area contributed by atoms with E-state index in [1.165, 1.54) is 6.08 Å². The first-order valence-corrected chi connectivity index (χ1v) is 15.6. The van der Waals surface area contributed by atoms with Crippen LogP contribution < -0.4 is 20.1 Å². The highest BCUT2D eigenvalue weighted by Gasteiger charge is 2.61. The summed E-state index contributed by atoms with van der Waals surface area (Å²) < 4.78 is 17.2. The van der Waals surface area contributed by atoms with E-state index in [0.717, 1.165) is 18.2 Å². The van der Waals surface area contributed by atoms with Gasteiger partial charge in [-0.1, -0.05) is 32.3 Å². The minimum absolute atomic E-state index is 0.185. The van der Waals surface area contributed by atoms with Gasteiger partial charge in [0.15, 0.2) is 5.78 Å². The Balaban J connectivity index is 1.62. The molecule has 2 amide bonds. The van der Waals surface area contributed by atoms with Gasteiger partial charge in [0.25, 0.3) is 0 Å². The topological polar surface area (TPSA) is 153 Å². The van der Waals surface area contributed by atoms with Gasteiger partial charge in [0.05, 0.1) is 24.6 Å². The second-order valence-electron chi connectivity index (χ2n) is 13.0. The monoisotopic (exact) mass is 623 g/mol. The van der Waals surface area contributed by atoms with E-state index < -0.39 is 59.0 Å². The van der Waals surface area contributed by atoms with E-state index in [4.69, 9.17) is 14.2 Å². The first kappa shape index (κ1) is 33.7. The minimum Gasteiger partial charge on any atom is -0.497 e. The number of amides is 2. The number of pyridine rings is 1. The fourth-order valence-electron chi connectivity index (χ4n) is 6.12. The molecule has 45 heavy (non-hydrogen) atoms. The SMILES string of the molecule is C=C[C@@H]1CC1(NC(=O)[C@@H]1C[C@@H](Oc2ccnc3cc(OC)ccc23)CC1C(=O)[C@H](CCCCC)NC(=O)OC(C)(C)C)C(=O)O. The molecule has 1 heterocycles. The molecule has 0 saturated heterocycles. The Morgan fingerprint density at radius 1 is 1.16 bits per heavy atom. The van der Waals surface area contributed by atoms with E-state index in [1.807, 2.05) is 13.0 Å². The maximum absolute atomic E-state index is 14.2. The molecule has 0 spiro atoms. The Kier molecular flexibility index (Phi) is 10.4. The van der Waals surface area contributed by atoms with Crippen molar-refractivity contribution < 1.29 is 38.5 Å². The number of unbranched alkanes of at least 4 members (excludes halogenated alkanes) is 2. The maximum atomic E-state index is 14.2. The number of ether oxygens (including phenoxy) is 3. The van der Waals surface area contributed by atoms with Crippen LogP contribution in [0.25, 0.3) is 10.9 Å². The quantitative estimate of drug-likeness (QED) is 0.190. The van der Waals surface area contributed by atoms with Gasteiger partial charge in [0.2, 0.25) is 5.91 Å². The van der Waals surface area contributed by atoms with Crippen molar-refractivity contribution in [3.05, 3.63) is 43.1 Å². The number of methoxy groups -OCH3 is 1. The summed E-state index contributed by atoms with van der Waals surface area (Å²) in [6, 6.07) is 6.28. The lowest BCUT2D eigenvalue weighted by atomic mass is 9.86. The van der Waals surface area contributed by atoms with Crippen molar-refractivity contribution in [3.8, 4) is 11.5 Å². The van der Waals surface area contributed by atoms with Crippen molar-refractivity contribution >= 4 is 34.7 Å². The Hall–Kier alpha value is -4.15. The summed E-state index contributed by atoms with van der Waals surface area (Å²) in [6.45, 7) is 11.0. The number of ketones is 1. The lowest BCUT2D eigenvalue weighted by Crippen LogP contribution is -2.50. The molecule has 2 aliphatic carbocycles. The van der Waals surface area contributed by atoms with Gasteiger partial charge in [-0.2, -0.15) is 0 Å². The average Bonchev–Trinajstić information content (AvgIpc) is 3.55. The molecule has 244 valence electrons. The number of Topliss-reactive ketones (excluding diaryl/α,β-unsaturated/α-hetero) is 1. The lowest BCUT2D eigenvalue weighted by molar-refractivity contribution is -0.144. The molecule has 6 atom stereocenters. The van der Waals surface area contributed by atoms with Gasteiger partial charge in [-0.05, 0) is 64.7 Å². The molecular formula is C34H45N3O8. The van der Waals surface area contributed by atoms with Crippen molar-refractivity contribution in [3.63, 3.8) is 0 Å². The van der Waals surface area contributed by atoms with Gasteiger partial charge in [0, 0.05) is 29.5 Å². The normalized spacial score (nSPS) is 24.7. The summed E-state index contributed by atoms with van der Waals surface area (Å²) in [4.78, 5) is 57.3. The Labute approximate surface area is 264 Å². The number of nitrogens with zero attached hydrogens (tertiary/aromatic N) is 1. The van der Waals surface area contributed by atoms with Gasteiger partial charge in [0.1, 0.15) is 28.7 Å². The lowest BCUT2D eigenvalue weighted by Gasteiger charge is -2.27. The molecule has 1 aromatic heterocycles. The molecule has 11 heteroatoms. The summed E-state index contributed by atoms with van der Waals surface area (Å²) in [6.07, 6.45) is 5.40. The molecule has 2 unspecified atom stereocenters. The van der Waals surface area contributed by atoms with Crippen LogP contribution in [-0.2, 0) is 19.1 Å². The number of hydrogen-bond acceptors (Lipinski definition) is 8. The highest BCUT2D eigenvalue weighted by atomic mass is 16.6. The molecule has 2 saturated carbocycles. The Morgan fingerprint density at radius 3 is 2.51 bits per heavy atom. The summed E-state index contributed by atoms with van der Waals surface area (Å²) in [5, 5.41) is 16.2. The zero-order chi connectivity index (χ0) is 32.9. The van der Waals surface area contributed by atoms with Crippen molar-refractivity contribution in [2.24, 2.45) is 17.8 Å². The summed E-state index contributed by atoms with van der Waals surface area (Å²) >= 11 is 0. The first-order valence-electron chi connectivity index (χ1n) is 15.6. The number of carbonyl (C=O) groups is 4. The number of benzene rings is 1. The van der Waals surface area contributed by atoms with E-state index in [-0.39, 0.29) is 25.0 Å². The van der Waals surface area contributed by atoms with Crippen LogP contribution in [0.1, 0.15) is 72.6 Å². The molecule has 2 aromatic rings. The molecule has 2 fully saturated rings. The van der Waals surface area contributed by atoms with Crippen LogP contribution in [0, 0.1) is 17.8 Å². The largest absolute Gasteiger partial charge is 0.497 e. The third-order valence-electron chi connectivity index (χ3n) is 8.58. The predicted octanol–water partition coefficient (Wildman–Crippen LogP) is 5.21. The smallest absolute Gasteiger partial charge is 0.408 e. The number of carboxylic acid groups (broad SMARTS) is 1. The molecule has 0 radical (unpaired) electrons. The molecule has 11 nitrogen and oxygen atoms in total. The third-order valence-corrected chi connectivity index (χ3v) is 8.58. The zero-order valence-electron chi connectivity index (χ0n) is 26.8. The van der Waals surface area contributed by atoms with Crippen LogP contribution in [0.5, 0.6) is 11.5 Å². The van der Waals surface area contributed by atoms with Crippen LogP contribution >= 0.6 is 0 Å². The van der Waals surface area contributed by atoms with Gasteiger partial charge in [-0.15, -0.1) is 6.58 Å². The molecule has 4 rings (SSSR count). The van der Waals surface area contributed by atoms with Gasteiger partial charge >= 0.3 is 12.1 Å². The number of aliphatic carboxylic acids is 1. The van der Waals surface area contributed by atoms with Crippen molar-refractivity contribution in [2.45, 2.75) is 95.9 Å². The van der Waals surface area contributed by atoms with Crippen molar-refractivity contribution in [1.82, 2.24) is 15.6 Å². The number of carboxylic acids is 1. The highest BCUT2D eigenvalue weighted by molar-refractivity contribution is 5.97. The van der Waals surface area contributed by atoms with Gasteiger partial charge in [-0.25, -0.2) is 9.59 Å². The zero-order valence-corrected chi connectivity index (χ0v) is 26.8. The number of hydrogen-bond donors (Lipinski definition) is 3. The molecule has 2 aliphatic rings. The molecule has 1 aromatic carbocycles. The number of aromatic nitrogens is 1. The van der Waals surface area contributed by atoms with E-state index in [2.05, 4.69) is 22.2 Å². The second kappa shape index (κ2) is 13.9. The number of carbonyl (C=O) groups excluding carboxylic acids is 3. The average molecular weight is 624 g/mol. The fourth-order valence-corrected chi connectivity index (χ4v) is 6.12. The summed E-state index contributed by atoms with van der Waals surface area (Å²) in [7, 11) is 1.57. The van der Waals surface area contributed by atoms with E-state index in [1.54, 1.807) is 52.3 Å². The Bertz CT molecular complexity index is 1440. The predicted molar refractivity (Wildman–Crippen MR) is 168 cm³/mol. The Morgan fingerprint density at radius 2 is 1.89 bits per heavy atom. The highest BCUT2D eigenvalue weighted by Crippen LogP contribution is 2.46. The summed E-state index contributed by atoms with van der Waals surface area (Å²) in [5.74, 6) is -2.87. The standard InChI is InChI=1S/C34H45N3O8/c1-7-9-10-11-26(36-32(42)45-33(3,4)5)29(38)24-16-22(17-25(24)30(39)37-34(31(40)41)19-20(34)8-2)44-28-14-15-35-27-18-21(43-6)12-13-23(27)28/h8,12-15,18,20,22,24-26H,2,7,9-11,16-17,19H2,1,3-6H3,(H,36,42)(H,37,39)(H,40,41)/t20-,22+,24?,25-,26+,34?/m1/s1. The van der Waals surface area contributed by atoms with Crippen LogP contribution in [0.3, 0.4) is 0 Å². The van der Waals surface area contributed by atoms with Crippen molar-refractivity contribution in [2.75, 3.05) is 7.11 Å². The number of fused-ring (bicyclic) bond motifs is 1. The van der Waals surface area contributed by atoms with E-state index in [0.29, 0.717) is 29.9 Å². The first-order chi connectivity index (χ1) is 21.3. The molecule has 0 aliphatic heterocycles. The second-order valence-corrected chi connectivity index (χ2v) is 13.0. The molecular weight excluding hydrogens is 578 g/mol. The molecule has 3 N–H and O–H groups in total. The van der Waals surface area contributed by atoms with Crippen LogP contribution in [0.15, 0.2) is 43.1 Å². The third kappa shape index (κ3) is 7.93. The van der Waals surface area contributed by atoms with Gasteiger partial charge < -0.3 is 30.0 Å². The fraction of sp³-hybridized carbons (Fsp3) is 0.559. The maximum Gasteiger partial charge on any atom is 0.408 e. The van der Waals surface area contributed by atoms with Crippen LogP contribution in [0.4, 0.5) is 4.79 Å². The molecule has 0 bridgehead atoms. The number of alkyl carbamates (subject to hydrolysis) is 1. The summed E-state index contributed by atoms with van der Waals surface area (Å²) in [5.41, 5.74) is -1.54. The van der Waals surface area contributed by atoms with Crippen LogP contribution in [-0.4, -0.2) is 64.2 Å². The number of nitrogens with one attached hydrogen (secondary N) is 2. The van der Waals surface area contributed by atoms with E-state index >= 15 is 0 Å². The minimum atomic E-state index is -1.44.